The van der Waals surface area contributed by atoms with Gasteiger partial charge in [-0.15, -0.1) is 0 Å². The molecule has 40 heavy (non-hydrogen) atoms. The Balaban J connectivity index is 1.39. The fourth-order valence-corrected chi connectivity index (χ4v) is 5.30. The van der Waals surface area contributed by atoms with Crippen LogP contribution in [0.25, 0.3) is 22.3 Å². The van der Waals surface area contributed by atoms with Crippen LogP contribution in [0, 0.1) is 17.1 Å². The van der Waals surface area contributed by atoms with Crippen LogP contribution >= 0.6 is 0 Å². The summed E-state index contributed by atoms with van der Waals surface area (Å²) < 4.78 is 13.6. The average Bonchev–Trinajstić information content (AvgIpc) is 2.99. The number of amides is 1. The molecule has 0 radical (unpaired) electrons. The van der Waals surface area contributed by atoms with Crippen LogP contribution in [0.3, 0.4) is 0 Å². The van der Waals surface area contributed by atoms with E-state index in [-0.39, 0.29) is 18.1 Å². The lowest BCUT2D eigenvalue weighted by molar-refractivity contribution is -0.137. The number of benzene rings is 3. The summed E-state index contributed by atoms with van der Waals surface area (Å²) in [4.78, 5) is 35.8. The molecule has 1 amide bonds. The van der Waals surface area contributed by atoms with E-state index in [4.69, 9.17) is 15.1 Å². The van der Waals surface area contributed by atoms with Crippen LogP contribution in [0.2, 0.25) is 0 Å². The highest BCUT2D eigenvalue weighted by molar-refractivity contribution is 5.97. The zero-order chi connectivity index (χ0) is 28.1. The molecule has 0 bridgehead atoms. The summed E-state index contributed by atoms with van der Waals surface area (Å²) in [6.45, 7) is 0.951. The molecule has 2 heterocycles. The predicted molar refractivity (Wildman–Crippen MR) is 149 cm³/mol. The minimum absolute atomic E-state index is 0.0682. The molecule has 1 aromatic heterocycles. The third-order valence-electron chi connectivity index (χ3n) is 7.60. The zero-order valence-corrected chi connectivity index (χ0v) is 22.0. The number of carbonyl (C=O) groups excluding carboxylic acids is 1. The lowest BCUT2D eigenvalue weighted by Crippen LogP contribution is -2.44. The summed E-state index contributed by atoms with van der Waals surface area (Å²) in [5.74, 6) is -1.31. The van der Waals surface area contributed by atoms with E-state index < -0.39 is 11.4 Å². The third kappa shape index (κ3) is 5.69. The highest BCUT2D eigenvalue weighted by atomic mass is 19.1. The van der Waals surface area contributed by atoms with Crippen molar-refractivity contribution in [2.45, 2.75) is 43.9 Å². The van der Waals surface area contributed by atoms with Gasteiger partial charge in [0.25, 0.3) is 5.91 Å². The summed E-state index contributed by atoms with van der Waals surface area (Å²) in [6, 6.07) is 23.5. The smallest absolute Gasteiger partial charge is 0.303 e. The van der Waals surface area contributed by atoms with Gasteiger partial charge in [-0.05, 0) is 80.1 Å². The highest BCUT2D eigenvalue weighted by Gasteiger charge is 2.37. The number of fused-ring (bicyclic) bond motifs is 1. The van der Waals surface area contributed by atoms with Crippen molar-refractivity contribution in [1.29, 1.82) is 5.26 Å². The molecule has 3 aromatic carbocycles. The van der Waals surface area contributed by atoms with E-state index in [1.807, 2.05) is 30.3 Å². The predicted octanol–water partition coefficient (Wildman–Crippen LogP) is 5.93. The van der Waals surface area contributed by atoms with Crippen molar-refractivity contribution in [3.8, 4) is 17.3 Å². The van der Waals surface area contributed by atoms with Gasteiger partial charge in [-0.2, -0.15) is 5.26 Å². The molecule has 4 aromatic rings. The number of piperidine rings is 1. The molecule has 0 atom stereocenters. The average molecular weight is 537 g/mol. The number of hydrogen-bond acceptors (Lipinski definition) is 5. The Morgan fingerprint density at radius 2 is 1.68 bits per heavy atom. The molecule has 202 valence electrons. The number of likely N-dealkylation sites (tertiary alicyclic amines) is 1. The van der Waals surface area contributed by atoms with Crippen molar-refractivity contribution in [2.24, 2.45) is 0 Å². The molecule has 5 rings (SSSR count). The van der Waals surface area contributed by atoms with Crippen LogP contribution in [0.1, 0.15) is 53.7 Å². The fourth-order valence-electron chi connectivity index (χ4n) is 5.30. The number of carboxylic acids is 1. The number of carbonyl (C=O) groups is 2. The number of aromatic nitrogens is 2. The number of hydrogen-bond donors (Lipinski definition) is 1. The van der Waals surface area contributed by atoms with E-state index in [2.05, 4.69) is 6.07 Å². The molecule has 0 aliphatic carbocycles. The molecule has 0 unspecified atom stereocenters. The maximum Gasteiger partial charge on any atom is 0.303 e. The van der Waals surface area contributed by atoms with Gasteiger partial charge in [0.15, 0.2) is 0 Å². The van der Waals surface area contributed by atoms with Gasteiger partial charge in [0.2, 0.25) is 0 Å². The van der Waals surface area contributed by atoms with Crippen molar-refractivity contribution in [1.82, 2.24) is 14.9 Å². The van der Waals surface area contributed by atoms with Crippen LogP contribution < -0.4 is 0 Å². The van der Waals surface area contributed by atoms with Gasteiger partial charge in [0, 0.05) is 30.6 Å². The number of nitriles is 1. The fraction of sp³-hybridized carbons (Fsp3) is 0.281. The summed E-state index contributed by atoms with van der Waals surface area (Å²) in [5.41, 5.74) is 4.07. The number of aryl methyl sites for hydroxylation is 1. The highest BCUT2D eigenvalue weighted by Crippen LogP contribution is 2.35. The van der Waals surface area contributed by atoms with E-state index in [9.17, 15) is 19.2 Å². The van der Waals surface area contributed by atoms with Gasteiger partial charge < -0.3 is 10.0 Å². The van der Waals surface area contributed by atoms with Crippen LogP contribution in [0.5, 0.6) is 0 Å². The van der Waals surface area contributed by atoms with Crippen LogP contribution in [0.15, 0.2) is 72.8 Å². The van der Waals surface area contributed by atoms with Crippen molar-refractivity contribution in [3.63, 3.8) is 0 Å². The lowest BCUT2D eigenvalue weighted by atomic mass is 9.74. The Hall–Kier alpha value is -4.64. The van der Waals surface area contributed by atoms with Gasteiger partial charge in [-0.3, -0.25) is 9.59 Å². The van der Waals surface area contributed by atoms with Gasteiger partial charge in [0.1, 0.15) is 5.82 Å². The molecule has 0 spiro atoms. The standard InChI is InChI=1S/C32H29FN4O3/c33-25-13-10-22(11-14-25)30-27(8-4-5-9-29(38)39)35-28-20-23(12-15-26(28)36-30)31(40)37-18-16-32(21-34,17-19-37)24-6-2-1-3-7-24/h1-3,6-7,10-15,20H,4-5,8-9,16-19H2,(H,38,39). The Labute approximate surface area is 231 Å². The van der Waals surface area contributed by atoms with Crippen molar-refractivity contribution < 1.29 is 19.1 Å². The Morgan fingerprint density at radius 3 is 2.35 bits per heavy atom. The van der Waals surface area contributed by atoms with Gasteiger partial charge in [0.05, 0.1) is 33.9 Å². The van der Waals surface area contributed by atoms with E-state index in [0.717, 1.165) is 11.1 Å². The van der Waals surface area contributed by atoms with E-state index >= 15 is 0 Å². The van der Waals surface area contributed by atoms with Gasteiger partial charge >= 0.3 is 5.97 Å². The molecular weight excluding hydrogens is 507 g/mol. The summed E-state index contributed by atoms with van der Waals surface area (Å²) in [5, 5.41) is 19.0. The minimum atomic E-state index is -0.847. The summed E-state index contributed by atoms with van der Waals surface area (Å²) in [7, 11) is 0. The zero-order valence-electron chi connectivity index (χ0n) is 22.0. The number of aliphatic carboxylic acids is 1. The second kappa shape index (κ2) is 11.6. The number of halogens is 1. The Morgan fingerprint density at radius 1 is 0.950 bits per heavy atom. The quantitative estimate of drug-likeness (QED) is 0.280. The Bertz CT molecular complexity index is 1570. The number of rotatable bonds is 8. The van der Waals surface area contributed by atoms with Crippen LogP contribution in [-0.2, 0) is 16.6 Å². The summed E-state index contributed by atoms with van der Waals surface area (Å²) >= 11 is 0. The minimum Gasteiger partial charge on any atom is -0.481 e. The number of carboxylic acid groups (broad SMARTS) is 1. The third-order valence-corrected chi connectivity index (χ3v) is 7.60. The van der Waals surface area contributed by atoms with Crippen molar-refractivity contribution >= 4 is 22.9 Å². The molecular formula is C32H29FN4O3. The monoisotopic (exact) mass is 536 g/mol. The van der Waals surface area contributed by atoms with Gasteiger partial charge in [-0.1, -0.05) is 30.3 Å². The van der Waals surface area contributed by atoms with E-state index in [1.165, 1.54) is 12.1 Å². The largest absolute Gasteiger partial charge is 0.481 e. The van der Waals surface area contributed by atoms with Gasteiger partial charge in [-0.25, -0.2) is 14.4 Å². The van der Waals surface area contributed by atoms with Crippen LogP contribution in [0.4, 0.5) is 4.39 Å². The molecule has 1 fully saturated rings. The van der Waals surface area contributed by atoms with Crippen molar-refractivity contribution in [2.75, 3.05) is 13.1 Å². The molecule has 1 saturated heterocycles. The normalized spacial score (nSPS) is 14.6. The molecule has 0 saturated carbocycles. The SMILES string of the molecule is N#CC1(c2ccccc2)CCN(C(=O)c2ccc3nc(-c4ccc(F)cc4)c(CCCCC(=O)O)nc3c2)CC1. The molecule has 1 aliphatic rings. The second-order valence-corrected chi connectivity index (χ2v) is 10.2. The molecule has 8 heteroatoms. The van der Waals surface area contributed by atoms with Crippen molar-refractivity contribution in [3.05, 3.63) is 95.4 Å². The maximum atomic E-state index is 13.6. The number of unbranched alkanes of at least 4 members (excludes halogenated alkanes) is 1. The van der Waals surface area contributed by atoms with E-state index in [0.29, 0.717) is 73.2 Å². The molecule has 1 N–H and O–H groups in total. The molecule has 7 nitrogen and oxygen atoms in total. The second-order valence-electron chi connectivity index (χ2n) is 10.2. The van der Waals surface area contributed by atoms with E-state index in [1.54, 1.807) is 35.2 Å². The summed E-state index contributed by atoms with van der Waals surface area (Å²) in [6.07, 6.45) is 2.80. The first-order chi connectivity index (χ1) is 19.4. The topological polar surface area (TPSA) is 107 Å². The first kappa shape index (κ1) is 26.9. The first-order valence-corrected chi connectivity index (χ1v) is 13.4. The maximum absolute atomic E-state index is 13.6. The first-order valence-electron chi connectivity index (χ1n) is 13.4. The number of nitrogens with zero attached hydrogens (tertiary/aromatic N) is 4. The van der Waals surface area contributed by atoms with Crippen LogP contribution in [-0.4, -0.2) is 44.9 Å². The lowest BCUT2D eigenvalue weighted by Gasteiger charge is -2.37. The molecule has 1 aliphatic heterocycles. The Kier molecular flexibility index (Phi) is 7.83.